The van der Waals surface area contributed by atoms with Gasteiger partial charge in [-0.25, -0.2) is 0 Å². The molecule has 1 N–H and O–H groups in total. The third-order valence-corrected chi connectivity index (χ3v) is 3.37. The first-order valence-electron chi connectivity index (χ1n) is 6.23. The largest absolute Gasteiger partial charge is 0.495 e. The van der Waals surface area contributed by atoms with Crippen molar-refractivity contribution in [1.82, 2.24) is 5.32 Å². The molecule has 0 atom stereocenters. The van der Waals surface area contributed by atoms with E-state index in [4.69, 9.17) is 4.74 Å². The SMILES string of the molecule is COc1ccccc1N1C(=O)CNCCC1(C)C. The molecule has 0 radical (unpaired) electrons. The van der Waals surface area contributed by atoms with Crippen molar-refractivity contribution in [3.63, 3.8) is 0 Å². The van der Waals surface area contributed by atoms with Gasteiger partial charge in [0.25, 0.3) is 0 Å². The standard InChI is InChI=1S/C14H20N2O2/c1-14(2)8-9-15-10-13(17)16(14)11-6-4-5-7-12(11)18-3/h4-7,15H,8-10H2,1-3H3. The monoisotopic (exact) mass is 248 g/mol. The number of benzene rings is 1. The van der Waals surface area contributed by atoms with E-state index in [2.05, 4.69) is 19.2 Å². The predicted molar refractivity (Wildman–Crippen MR) is 72.0 cm³/mol. The van der Waals surface area contributed by atoms with Crippen LogP contribution >= 0.6 is 0 Å². The quantitative estimate of drug-likeness (QED) is 0.867. The van der Waals surface area contributed by atoms with Gasteiger partial charge in [-0.2, -0.15) is 0 Å². The molecule has 1 saturated heterocycles. The number of ether oxygens (including phenoxy) is 1. The van der Waals surface area contributed by atoms with Crippen molar-refractivity contribution in [1.29, 1.82) is 0 Å². The number of nitrogens with zero attached hydrogens (tertiary/aromatic N) is 1. The number of carbonyl (C=O) groups excluding carboxylic acids is 1. The predicted octanol–water partition coefficient (Wildman–Crippen LogP) is 1.80. The zero-order chi connectivity index (χ0) is 13.2. The molecule has 1 aliphatic heterocycles. The Morgan fingerprint density at radius 1 is 1.33 bits per heavy atom. The summed E-state index contributed by atoms with van der Waals surface area (Å²) in [6.07, 6.45) is 0.913. The van der Waals surface area contributed by atoms with Crippen molar-refractivity contribution in [2.75, 3.05) is 25.1 Å². The van der Waals surface area contributed by atoms with Gasteiger partial charge in [0.05, 0.1) is 19.3 Å². The lowest BCUT2D eigenvalue weighted by molar-refractivity contribution is -0.118. The molecular formula is C14H20N2O2. The fourth-order valence-electron chi connectivity index (χ4n) is 2.39. The molecule has 0 bridgehead atoms. The summed E-state index contributed by atoms with van der Waals surface area (Å²) in [5.74, 6) is 0.822. The van der Waals surface area contributed by atoms with Gasteiger partial charge in [-0.15, -0.1) is 0 Å². The van der Waals surface area contributed by atoms with E-state index in [1.807, 2.05) is 29.2 Å². The van der Waals surface area contributed by atoms with Gasteiger partial charge in [-0.1, -0.05) is 12.1 Å². The Kier molecular flexibility index (Phi) is 3.57. The Hall–Kier alpha value is -1.55. The third-order valence-electron chi connectivity index (χ3n) is 3.37. The van der Waals surface area contributed by atoms with Gasteiger partial charge < -0.3 is 15.0 Å². The highest BCUT2D eigenvalue weighted by molar-refractivity contribution is 5.97. The summed E-state index contributed by atoms with van der Waals surface area (Å²) in [7, 11) is 1.63. The van der Waals surface area contributed by atoms with Gasteiger partial charge >= 0.3 is 0 Å². The maximum Gasteiger partial charge on any atom is 0.241 e. The van der Waals surface area contributed by atoms with Crippen LogP contribution in [-0.2, 0) is 4.79 Å². The van der Waals surface area contributed by atoms with Gasteiger partial charge in [-0.3, -0.25) is 4.79 Å². The fraction of sp³-hybridized carbons (Fsp3) is 0.500. The van der Waals surface area contributed by atoms with Gasteiger partial charge in [-0.05, 0) is 38.9 Å². The normalized spacial score (nSPS) is 19.5. The number of carbonyl (C=O) groups is 1. The van der Waals surface area contributed by atoms with Crippen LogP contribution < -0.4 is 15.0 Å². The highest BCUT2D eigenvalue weighted by atomic mass is 16.5. The minimum Gasteiger partial charge on any atom is -0.495 e. The molecule has 1 aromatic carbocycles. The van der Waals surface area contributed by atoms with Gasteiger partial charge in [0, 0.05) is 5.54 Å². The van der Waals surface area contributed by atoms with Crippen molar-refractivity contribution >= 4 is 11.6 Å². The molecule has 0 aromatic heterocycles. The summed E-state index contributed by atoms with van der Waals surface area (Å²) in [5.41, 5.74) is 0.633. The van der Waals surface area contributed by atoms with Crippen LogP contribution in [0.1, 0.15) is 20.3 Å². The number of methoxy groups -OCH3 is 1. The lowest BCUT2D eigenvalue weighted by atomic mass is 9.97. The molecule has 1 aromatic rings. The van der Waals surface area contributed by atoms with E-state index in [0.29, 0.717) is 6.54 Å². The number of para-hydroxylation sites is 2. The van der Waals surface area contributed by atoms with Gasteiger partial charge in [0.15, 0.2) is 0 Å². The van der Waals surface area contributed by atoms with Gasteiger partial charge in [0.1, 0.15) is 5.75 Å². The molecule has 18 heavy (non-hydrogen) atoms. The van der Waals surface area contributed by atoms with Crippen LogP contribution in [0.3, 0.4) is 0 Å². The molecule has 0 saturated carbocycles. The molecule has 0 aliphatic carbocycles. The van der Waals surface area contributed by atoms with E-state index < -0.39 is 0 Å². The van der Waals surface area contributed by atoms with E-state index >= 15 is 0 Å². The van der Waals surface area contributed by atoms with Crippen molar-refractivity contribution < 1.29 is 9.53 Å². The van der Waals surface area contributed by atoms with E-state index in [9.17, 15) is 4.79 Å². The summed E-state index contributed by atoms with van der Waals surface area (Å²) in [6, 6.07) is 7.66. The number of hydrogen-bond acceptors (Lipinski definition) is 3. The number of rotatable bonds is 2. The van der Waals surface area contributed by atoms with Crippen molar-refractivity contribution in [2.45, 2.75) is 25.8 Å². The van der Waals surface area contributed by atoms with E-state index in [1.165, 1.54) is 0 Å². The first kappa shape index (κ1) is 12.9. The summed E-state index contributed by atoms with van der Waals surface area (Å²) >= 11 is 0. The number of nitrogens with one attached hydrogen (secondary N) is 1. The molecule has 1 fully saturated rings. The average molecular weight is 248 g/mol. The zero-order valence-electron chi connectivity index (χ0n) is 11.2. The number of hydrogen-bond donors (Lipinski definition) is 1. The summed E-state index contributed by atoms with van der Waals surface area (Å²) in [5, 5.41) is 3.16. The minimum atomic E-state index is -0.213. The smallest absolute Gasteiger partial charge is 0.241 e. The zero-order valence-corrected chi connectivity index (χ0v) is 11.2. The molecule has 1 heterocycles. The lowest BCUT2D eigenvalue weighted by Crippen LogP contribution is -2.48. The van der Waals surface area contributed by atoms with Crippen LogP contribution in [0.15, 0.2) is 24.3 Å². The van der Waals surface area contributed by atoms with Crippen molar-refractivity contribution in [3.05, 3.63) is 24.3 Å². The molecule has 1 amide bonds. The third kappa shape index (κ3) is 2.34. The number of anilines is 1. The molecule has 1 aliphatic rings. The van der Waals surface area contributed by atoms with E-state index in [-0.39, 0.29) is 11.4 Å². The molecule has 4 nitrogen and oxygen atoms in total. The molecule has 4 heteroatoms. The highest BCUT2D eigenvalue weighted by Crippen LogP contribution is 2.34. The Labute approximate surface area is 108 Å². The summed E-state index contributed by atoms with van der Waals surface area (Å²) in [4.78, 5) is 14.2. The second-order valence-corrected chi connectivity index (χ2v) is 5.14. The molecule has 2 rings (SSSR count). The Morgan fingerprint density at radius 2 is 2.06 bits per heavy atom. The Bertz CT molecular complexity index is 443. The average Bonchev–Trinajstić information content (AvgIpc) is 2.47. The maximum absolute atomic E-state index is 12.3. The lowest BCUT2D eigenvalue weighted by Gasteiger charge is -2.37. The Balaban J connectivity index is 2.47. The van der Waals surface area contributed by atoms with Crippen LogP contribution in [0.25, 0.3) is 0 Å². The second kappa shape index (κ2) is 4.98. The summed E-state index contributed by atoms with van der Waals surface area (Å²) in [6.45, 7) is 5.40. The molecular weight excluding hydrogens is 228 g/mol. The second-order valence-electron chi connectivity index (χ2n) is 5.14. The van der Waals surface area contributed by atoms with Crippen LogP contribution in [0.4, 0.5) is 5.69 Å². The minimum absolute atomic E-state index is 0.0852. The maximum atomic E-state index is 12.3. The van der Waals surface area contributed by atoms with Crippen LogP contribution in [-0.4, -0.2) is 31.6 Å². The summed E-state index contributed by atoms with van der Waals surface area (Å²) < 4.78 is 5.37. The topological polar surface area (TPSA) is 41.6 Å². The first-order chi connectivity index (χ1) is 8.56. The van der Waals surface area contributed by atoms with Crippen LogP contribution in [0.2, 0.25) is 0 Å². The Morgan fingerprint density at radius 3 is 2.78 bits per heavy atom. The van der Waals surface area contributed by atoms with Crippen molar-refractivity contribution in [3.8, 4) is 5.75 Å². The molecule has 0 spiro atoms. The van der Waals surface area contributed by atoms with Gasteiger partial charge in [0.2, 0.25) is 5.91 Å². The number of amides is 1. The fourth-order valence-corrected chi connectivity index (χ4v) is 2.39. The first-order valence-corrected chi connectivity index (χ1v) is 6.23. The van der Waals surface area contributed by atoms with Crippen molar-refractivity contribution in [2.24, 2.45) is 0 Å². The molecule has 0 unspecified atom stereocenters. The van der Waals surface area contributed by atoms with E-state index in [1.54, 1.807) is 7.11 Å². The molecule has 98 valence electrons. The van der Waals surface area contributed by atoms with Crippen LogP contribution in [0, 0.1) is 0 Å². The van der Waals surface area contributed by atoms with E-state index in [0.717, 1.165) is 24.4 Å². The highest BCUT2D eigenvalue weighted by Gasteiger charge is 2.35. The van der Waals surface area contributed by atoms with Crippen LogP contribution in [0.5, 0.6) is 5.75 Å².